The Kier molecular flexibility index (Phi) is 6.22. The minimum absolute atomic E-state index is 0.0338. The Bertz CT molecular complexity index is 1580. The number of halogens is 1. The van der Waals surface area contributed by atoms with Crippen LogP contribution in [-0.2, 0) is 9.84 Å². The lowest BCUT2D eigenvalue weighted by Gasteiger charge is -2.38. The fourth-order valence-corrected chi connectivity index (χ4v) is 6.52. The SMILES string of the molecule is N#Cc1cc(Nc2nc(NC3CC3)c3ncc(C#N)n3n2)c(Cl)c(N2CCC(NC3CS(=O)(=O)C3)CC2)c1. The molecule has 4 heterocycles. The maximum Gasteiger partial charge on any atom is 0.247 e. The van der Waals surface area contributed by atoms with Gasteiger partial charge in [0.25, 0.3) is 0 Å². The molecule has 14 heteroatoms. The van der Waals surface area contributed by atoms with Gasteiger partial charge in [0.1, 0.15) is 6.07 Å². The molecule has 12 nitrogen and oxygen atoms in total. The molecule has 1 saturated carbocycles. The second kappa shape index (κ2) is 9.58. The monoisotopic (exact) mass is 552 g/mol. The van der Waals surface area contributed by atoms with Gasteiger partial charge in [-0.3, -0.25) is 0 Å². The summed E-state index contributed by atoms with van der Waals surface area (Å²) in [6.07, 6.45) is 5.20. The lowest BCUT2D eigenvalue weighted by atomic mass is 10.0. The molecule has 3 N–H and O–H groups in total. The average molecular weight is 553 g/mol. The van der Waals surface area contributed by atoms with E-state index < -0.39 is 9.84 Å². The van der Waals surface area contributed by atoms with E-state index in [0.717, 1.165) is 31.4 Å². The number of nitrogens with zero attached hydrogens (tertiary/aromatic N) is 7. The Morgan fingerprint density at radius 3 is 2.45 bits per heavy atom. The molecule has 6 rings (SSSR count). The summed E-state index contributed by atoms with van der Waals surface area (Å²) in [4.78, 5) is 11.0. The van der Waals surface area contributed by atoms with E-state index in [1.54, 1.807) is 12.1 Å². The lowest BCUT2D eigenvalue weighted by molar-refractivity contribution is 0.377. The van der Waals surface area contributed by atoms with Gasteiger partial charge < -0.3 is 20.9 Å². The number of benzene rings is 1. The van der Waals surface area contributed by atoms with Crippen molar-refractivity contribution in [2.45, 2.75) is 43.8 Å². The van der Waals surface area contributed by atoms with Crippen LogP contribution in [-0.4, -0.2) is 70.7 Å². The van der Waals surface area contributed by atoms with E-state index in [-0.39, 0.29) is 35.2 Å². The van der Waals surface area contributed by atoms with Crippen molar-refractivity contribution in [1.82, 2.24) is 24.9 Å². The summed E-state index contributed by atoms with van der Waals surface area (Å²) in [5.41, 5.74) is 2.39. The fourth-order valence-electron chi connectivity index (χ4n) is 4.92. The van der Waals surface area contributed by atoms with Crippen molar-refractivity contribution in [3.8, 4) is 12.1 Å². The molecule has 3 aliphatic rings. The van der Waals surface area contributed by atoms with Crippen molar-refractivity contribution in [3.05, 3.63) is 34.6 Å². The van der Waals surface area contributed by atoms with E-state index in [1.807, 2.05) is 0 Å². The Morgan fingerprint density at radius 2 is 1.79 bits per heavy atom. The number of fused-ring (bicyclic) bond motifs is 1. The third-order valence-electron chi connectivity index (χ3n) is 7.04. The van der Waals surface area contributed by atoms with Crippen molar-refractivity contribution in [2.75, 3.05) is 40.1 Å². The molecule has 3 fully saturated rings. The van der Waals surface area contributed by atoms with Crippen molar-refractivity contribution in [1.29, 1.82) is 10.5 Å². The summed E-state index contributed by atoms with van der Waals surface area (Å²) in [6.45, 7) is 1.42. The smallest absolute Gasteiger partial charge is 0.247 e. The molecule has 0 radical (unpaired) electrons. The van der Waals surface area contributed by atoms with Gasteiger partial charge in [-0.2, -0.15) is 20.0 Å². The van der Waals surface area contributed by atoms with Crippen LogP contribution in [0, 0.1) is 22.7 Å². The summed E-state index contributed by atoms with van der Waals surface area (Å²) >= 11 is 6.86. The molecule has 3 aromatic rings. The number of hydrogen-bond acceptors (Lipinski definition) is 11. The van der Waals surface area contributed by atoms with Crippen molar-refractivity contribution in [3.63, 3.8) is 0 Å². The highest BCUT2D eigenvalue weighted by Gasteiger charge is 2.35. The van der Waals surface area contributed by atoms with E-state index in [2.05, 4.69) is 48.1 Å². The molecule has 0 atom stereocenters. The average Bonchev–Trinajstić information content (AvgIpc) is 3.60. The van der Waals surface area contributed by atoms with Crippen LogP contribution in [0.2, 0.25) is 5.02 Å². The molecule has 2 aliphatic heterocycles. The van der Waals surface area contributed by atoms with Gasteiger partial charge in [0.05, 0.1) is 45.7 Å². The molecule has 1 aromatic carbocycles. The van der Waals surface area contributed by atoms with Gasteiger partial charge in [-0.25, -0.2) is 13.4 Å². The number of nitriles is 2. The van der Waals surface area contributed by atoms with Crippen LogP contribution in [0.15, 0.2) is 18.3 Å². The Hall–Kier alpha value is -3.65. The molecule has 0 bridgehead atoms. The van der Waals surface area contributed by atoms with Gasteiger partial charge in [0, 0.05) is 31.2 Å². The van der Waals surface area contributed by atoms with Gasteiger partial charge in [0.2, 0.25) is 5.95 Å². The minimum atomic E-state index is -2.86. The highest BCUT2D eigenvalue weighted by atomic mass is 35.5. The van der Waals surface area contributed by atoms with Gasteiger partial charge in [-0.05, 0) is 37.8 Å². The van der Waals surface area contributed by atoms with Crippen molar-refractivity contribution in [2.24, 2.45) is 0 Å². The summed E-state index contributed by atoms with van der Waals surface area (Å²) in [5, 5.41) is 34.0. The highest BCUT2D eigenvalue weighted by molar-refractivity contribution is 7.92. The number of aromatic nitrogens is 4. The predicted octanol–water partition coefficient (Wildman–Crippen LogP) is 2.19. The van der Waals surface area contributed by atoms with E-state index in [1.165, 1.54) is 10.7 Å². The Balaban J connectivity index is 1.24. The maximum atomic E-state index is 11.5. The first-order chi connectivity index (χ1) is 18.3. The fraction of sp³-hybridized carbons (Fsp3) is 0.458. The number of hydrogen-bond donors (Lipinski definition) is 3. The third kappa shape index (κ3) is 4.92. The van der Waals surface area contributed by atoms with Crippen LogP contribution in [0.4, 0.5) is 23.1 Å². The first-order valence-electron chi connectivity index (χ1n) is 12.5. The summed E-state index contributed by atoms with van der Waals surface area (Å²) in [7, 11) is -2.86. The number of sulfone groups is 1. The molecule has 2 aromatic heterocycles. The van der Waals surface area contributed by atoms with E-state index >= 15 is 0 Å². The van der Waals surface area contributed by atoms with E-state index in [0.29, 0.717) is 46.9 Å². The predicted molar refractivity (Wildman–Crippen MR) is 142 cm³/mol. The van der Waals surface area contributed by atoms with Crippen LogP contribution in [0.1, 0.15) is 36.9 Å². The molecule has 0 amide bonds. The Labute approximate surface area is 224 Å². The molecule has 0 unspecified atom stereocenters. The number of rotatable bonds is 7. The van der Waals surface area contributed by atoms with Gasteiger partial charge in [-0.1, -0.05) is 11.6 Å². The number of imidazole rings is 1. The molecular weight excluding hydrogens is 528 g/mol. The van der Waals surface area contributed by atoms with E-state index in [9.17, 15) is 18.9 Å². The van der Waals surface area contributed by atoms with Crippen LogP contribution < -0.4 is 20.9 Å². The van der Waals surface area contributed by atoms with Crippen LogP contribution in [0.3, 0.4) is 0 Å². The van der Waals surface area contributed by atoms with Crippen LogP contribution >= 0.6 is 11.6 Å². The molecule has 196 valence electrons. The zero-order valence-electron chi connectivity index (χ0n) is 20.4. The lowest BCUT2D eigenvalue weighted by Crippen LogP contribution is -2.56. The summed E-state index contributed by atoms with van der Waals surface area (Å²) in [5.74, 6) is 1.15. The summed E-state index contributed by atoms with van der Waals surface area (Å²) < 4.78 is 24.4. The van der Waals surface area contributed by atoms with Crippen molar-refractivity contribution < 1.29 is 8.42 Å². The van der Waals surface area contributed by atoms with Gasteiger partial charge in [0.15, 0.2) is 27.0 Å². The minimum Gasteiger partial charge on any atom is -0.370 e. The molecule has 0 spiro atoms. The van der Waals surface area contributed by atoms with Crippen LogP contribution in [0.25, 0.3) is 5.65 Å². The quantitative estimate of drug-likeness (QED) is 0.393. The molecule has 2 saturated heterocycles. The zero-order chi connectivity index (χ0) is 26.4. The second-order valence-electron chi connectivity index (χ2n) is 9.99. The molecule has 38 heavy (non-hydrogen) atoms. The normalized spacial score (nSPS) is 19.5. The largest absolute Gasteiger partial charge is 0.370 e. The number of piperidine rings is 1. The third-order valence-corrected chi connectivity index (χ3v) is 9.26. The van der Waals surface area contributed by atoms with Crippen molar-refractivity contribution >= 4 is 50.2 Å². The maximum absolute atomic E-state index is 11.5. The van der Waals surface area contributed by atoms with E-state index in [4.69, 9.17) is 11.6 Å². The second-order valence-corrected chi connectivity index (χ2v) is 12.5. The number of nitrogens with one attached hydrogen (secondary N) is 3. The molecular formula is C24H25ClN10O2S. The van der Waals surface area contributed by atoms with Crippen LogP contribution in [0.5, 0.6) is 0 Å². The zero-order valence-corrected chi connectivity index (χ0v) is 21.9. The standard InChI is InChI=1S/C24H25ClN10O2S/c25-21-19(31-24-32-22(30-15-1-2-15)23-28-11-18(10-27)35(23)33-24)7-14(9-26)8-20(21)34-5-3-16(4-6-34)29-17-12-38(36,37)13-17/h7-8,11,15-17,29H,1-6,12-13H2,(H2,30,31,32,33). The van der Waals surface area contributed by atoms with Gasteiger partial charge >= 0.3 is 0 Å². The Morgan fingerprint density at radius 1 is 1.03 bits per heavy atom. The summed E-state index contributed by atoms with van der Waals surface area (Å²) in [6, 6.07) is 8.30. The number of anilines is 4. The van der Waals surface area contributed by atoms with Gasteiger partial charge in [-0.15, -0.1) is 5.10 Å². The molecule has 1 aliphatic carbocycles. The highest BCUT2D eigenvalue weighted by Crippen LogP contribution is 2.37. The topological polar surface area (TPSA) is 164 Å². The first-order valence-corrected chi connectivity index (χ1v) is 14.7. The first kappa shape index (κ1) is 24.7.